The van der Waals surface area contributed by atoms with Crippen molar-refractivity contribution in [1.82, 2.24) is 0 Å². The Kier molecular flexibility index (Phi) is 3.85. The minimum atomic E-state index is 0.171. The number of hydrogen-bond acceptors (Lipinski definition) is 2. The number of rotatable bonds is 3. The van der Waals surface area contributed by atoms with Gasteiger partial charge in [-0.05, 0) is 29.7 Å². The molecule has 2 aromatic rings. The summed E-state index contributed by atoms with van der Waals surface area (Å²) in [5.41, 5.74) is 3.11. The SMILES string of the molecule is N#Cc1ccc(C(S)Cc2ccccc2)cc1. The zero-order chi connectivity index (χ0) is 12.1. The molecule has 1 atom stereocenters. The lowest BCUT2D eigenvalue weighted by Crippen LogP contribution is -1.95. The van der Waals surface area contributed by atoms with Gasteiger partial charge in [0.05, 0.1) is 11.6 Å². The molecule has 0 aromatic heterocycles. The summed E-state index contributed by atoms with van der Waals surface area (Å²) >= 11 is 4.61. The molecule has 0 saturated carbocycles. The fraction of sp³-hybridized carbons (Fsp3) is 0.133. The second-order valence-corrected chi connectivity index (χ2v) is 4.56. The van der Waals surface area contributed by atoms with Crippen molar-refractivity contribution in [2.45, 2.75) is 11.7 Å². The molecular formula is C15H13NS. The van der Waals surface area contributed by atoms with Crippen LogP contribution in [0.3, 0.4) is 0 Å². The molecular weight excluding hydrogens is 226 g/mol. The van der Waals surface area contributed by atoms with Crippen molar-refractivity contribution >= 4 is 12.6 Å². The van der Waals surface area contributed by atoms with Crippen molar-refractivity contribution in [2.24, 2.45) is 0 Å². The van der Waals surface area contributed by atoms with Crippen molar-refractivity contribution in [3.63, 3.8) is 0 Å². The van der Waals surface area contributed by atoms with Gasteiger partial charge >= 0.3 is 0 Å². The van der Waals surface area contributed by atoms with Crippen LogP contribution in [0.5, 0.6) is 0 Å². The molecule has 84 valence electrons. The fourth-order valence-electron chi connectivity index (χ4n) is 1.74. The van der Waals surface area contributed by atoms with Crippen molar-refractivity contribution in [3.8, 4) is 6.07 Å². The number of benzene rings is 2. The summed E-state index contributed by atoms with van der Waals surface area (Å²) in [7, 11) is 0. The third-order valence-corrected chi connectivity index (χ3v) is 3.18. The van der Waals surface area contributed by atoms with Gasteiger partial charge in [-0.25, -0.2) is 0 Å². The molecule has 17 heavy (non-hydrogen) atoms. The molecule has 0 amide bonds. The van der Waals surface area contributed by atoms with E-state index in [1.54, 1.807) is 0 Å². The van der Waals surface area contributed by atoms with Crippen LogP contribution in [0.1, 0.15) is 21.9 Å². The van der Waals surface area contributed by atoms with Gasteiger partial charge in [-0.1, -0.05) is 42.5 Å². The van der Waals surface area contributed by atoms with Gasteiger partial charge in [0.25, 0.3) is 0 Å². The van der Waals surface area contributed by atoms with Gasteiger partial charge in [0.15, 0.2) is 0 Å². The summed E-state index contributed by atoms with van der Waals surface area (Å²) < 4.78 is 0. The molecule has 0 fully saturated rings. The minimum Gasteiger partial charge on any atom is -0.192 e. The van der Waals surface area contributed by atoms with Gasteiger partial charge in [0.1, 0.15) is 0 Å². The molecule has 0 radical (unpaired) electrons. The molecule has 0 aliphatic heterocycles. The van der Waals surface area contributed by atoms with Crippen LogP contribution in [0.15, 0.2) is 54.6 Å². The van der Waals surface area contributed by atoms with E-state index in [2.05, 4.69) is 30.8 Å². The Hall–Kier alpha value is -1.72. The van der Waals surface area contributed by atoms with E-state index >= 15 is 0 Å². The molecule has 0 N–H and O–H groups in total. The van der Waals surface area contributed by atoms with Gasteiger partial charge < -0.3 is 0 Å². The molecule has 0 bridgehead atoms. The zero-order valence-corrected chi connectivity index (χ0v) is 10.3. The fourth-order valence-corrected chi connectivity index (χ4v) is 2.12. The molecule has 0 saturated heterocycles. The van der Waals surface area contributed by atoms with E-state index in [0.29, 0.717) is 5.56 Å². The predicted octanol–water partition coefficient (Wildman–Crippen LogP) is 3.77. The first-order valence-corrected chi connectivity index (χ1v) is 6.03. The normalized spacial score (nSPS) is 11.8. The standard InChI is InChI=1S/C15H13NS/c16-11-13-6-8-14(9-7-13)15(17)10-12-4-2-1-3-5-12/h1-9,15,17H,10H2. The van der Waals surface area contributed by atoms with Crippen LogP contribution in [0.25, 0.3) is 0 Å². The van der Waals surface area contributed by atoms with Gasteiger partial charge in [-0.3, -0.25) is 0 Å². The Morgan fingerprint density at radius 2 is 1.65 bits per heavy atom. The molecule has 2 aromatic carbocycles. The molecule has 1 nitrogen and oxygen atoms in total. The molecule has 1 unspecified atom stereocenters. The van der Waals surface area contributed by atoms with E-state index in [0.717, 1.165) is 12.0 Å². The van der Waals surface area contributed by atoms with E-state index in [-0.39, 0.29) is 5.25 Å². The first kappa shape index (κ1) is 11.8. The molecule has 2 heteroatoms. The number of thiol groups is 1. The maximum absolute atomic E-state index is 8.73. The van der Waals surface area contributed by atoms with Crippen LogP contribution in [-0.2, 0) is 6.42 Å². The summed E-state index contributed by atoms with van der Waals surface area (Å²) in [4.78, 5) is 0. The van der Waals surface area contributed by atoms with Crippen LogP contribution in [0.4, 0.5) is 0 Å². The molecule has 2 rings (SSSR count). The maximum Gasteiger partial charge on any atom is 0.0991 e. The van der Waals surface area contributed by atoms with Crippen molar-refractivity contribution in [1.29, 1.82) is 5.26 Å². The van der Waals surface area contributed by atoms with Gasteiger partial charge in [-0.15, -0.1) is 0 Å². The van der Waals surface area contributed by atoms with Crippen molar-refractivity contribution < 1.29 is 0 Å². The monoisotopic (exact) mass is 239 g/mol. The number of nitriles is 1. The topological polar surface area (TPSA) is 23.8 Å². The van der Waals surface area contributed by atoms with Crippen LogP contribution >= 0.6 is 12.6 Å². The van der Waals surface area contributed by atoms with Crippen molar-refractivity contribution in [3.05, 3.63) is 71.3 Å². The van der Waals surface area contributed by atoms with Crippen molar-refractivity contribution in [2.75, 3.05) is 0 Å². The summed E-state index contributed by atoms with van der Waals surface area (Å²) in [6.07, 6.45) is 0.899. The van der Waals surface area contributed by atoms with Gasteiger partial charge in [-0.2, -0.15) is 17.9 Å². The Bertz CT molecular complexity index is 511. The van der Waals surface area contributed by atoms with E-state index in [1.165, 1.54) is 5.56 Å². The highest BCUT2D eigenvalue weighted by molar-refractivity contribution is 7.80. The van der Waals surface area contributed by atoms with Crippen LogP contribution in [-0.4, -0.2) is 0 Å². The third kappa shape index (κ3) is 3.12. The highest BCUT2D eigenvalue weighted by atomic mass is 32.1. The number of hydrogen-bond donors (Lipinski definition) is 1. The Balaban J connectivity index is 2.10. The first-order chi connectivity index (χ1) is 8.29. The number of nitrogens with zero attached hydrogens (tertiary/aromatic N) is 1. The van der Waals surface area contributed by atoms with E-state index in [1.807, 2.05) is 42.5 Å². The Morgan fingerprint density at radius 1 is 1.00 bits per heavy atom. The lowest BCUT2D eigenvalue weighted by molar-refractivity contribution is 0.939. The van der Waals surface area contributed by atoms with Gasteiger partial charge in [0, 0.05) is 5.25 Å². The highest BCUT2D eigenvalue weighted by Gasteiger charge is 2.07. The largest absolute Gasteiger partial charge is 0.192 e. The quantitative estimate of drug-likeness (QED) is 0.810. The minimum absolute atomic E-state index is 0.171. The summed E-state index contributed by atoms with van der Waals surface area (Å²) in [6, 6.07) is 20.0. The molecule has 0 aliphatic rings. The maximum atomic E-state index is 8.73. The second-order valence-electron chi connectivity index (χ2n) is 3.94. The summed E-state index contributed by atoms with van der Waals surface area (Å²) in [6.45, 7) is 0. The predicted molar refractivity (Wildman–Crippen MR) is 73.0 cm³/mol. The summed E-state index contributed by atoms with van der Waals surface area (Å²) in [5, 5.41) is 8.90. The molecule has 0 heterocycles. The van der Waals surface area contributed by atoms with E-state index in [9.17, 15) is 0 Å². The summed E-state index contributed by atoms with van der Waals surface area (Å²) in [5.74, 6) is 0. The molecule has 0 spiro atoms. The Labute approximate surface area is 107 Å². The average molecular weight is 239 g/mol. The molecule has 0 aliphatic carbocycles. The van der Waals surface area contributed by atoms with Crippen LogP contribution in [0.2, 0.25) is 0 Å². The third-order valence-electron chi connectivity index (χ3n) is 2.70. The zero-order valence-electron chi connectivity index (χ0n) is 9.38. The van der Waals surface area contributed by atoms with Gasteiger partial charge in [0.2, 0.25) is 0 Å². The Morgan fingerprint density at radius 3 is 2.24 bits per heavy atom. The van der Waals surface area contributed by atoms with E-state index < -0.39 is 0 Å². The second kappa shape index (κ2) is 5.56. The smallest absolute Gasteiger partial charge is 0.0991 e. The lowest BCUT2D eigenvalue weighted by atomic mass is 10.0. The van der Waals surface area contributed by atoms with Crippen LogP contribution < -0.4 is 0 Å². The average Bonchev–Trinajstić information content (AvgIpc) is 2.40. The van der Waals surface area contributed by atoms with Crippen LogP contribution in [0, 0.1) is 11.3 Å². The highest BCUT2D eigenvalue weighted by Crippen LogP contribution is 2.24. The first-order valence-electron chi connectivity index (χ1n) is 5.51. The van der Waals surface area contributed by atoms with E-state index in [4.69, 9.17) is 5.26 Å². The lowest BCUT2D eigenvalue weighted by Gasteiger charge is -2.11.